The molecule has 27 heavy (non-hydrogen) atoms. The summed E-state index contributed by atoms with van der Waals surface area (Å²) < 4.78 is 0. The predicted octanol–water partition coefficient (Wildman–Crippen LogP) is 3.60. The summed E-state index contributed by atoms with van der Waals surface area (Å²) in [6, 6.07) is 10.0. The molecule has 1 aliphatic heterocycles. The Labute approximate surface area is 169 Å². The Hall–Kier alpha value is -1.82. The molecule has 2 aliphatic rings. The minimum atomic E-state index is -0.0915. The second-order valence-corrected chi connectivity index (χ2v) is 8.01. The number of aromatic nitrogens is 1. The van der Waals surface area contributed by atoms with Gasteiger partial charge in [0.15, 0.2) is 0 Å². The number of nitrogens with one attached hydrogen (secondary N) is 1. The van der Waals surface area contributed by atoms with E-state index in [9.17, 15) is 4.79 Å². The Kier molecular flexibility index (Phi) is 5.53. The summed E-state index contributed by atoms with van der Waals surface area (Å²) in [6.45, 7) is 4.49. The number of carbonyl (C=O) groups excluding carboxylic acids is 1. The molecular formula is C20H22Cl2N4O. The molecule has 4 rings (SSSR count). The lowest BCUT2D eigenvalue weighted by atomic mass is 10.2. The number of hydrogen-bond acceptors (Lipinski definition) is 4. The molecule has 0 bridgehead atoms. The fourth-order valence-corrected chi connectivity index (χ4v) is 3.66. The molecule has 0 unspecified atom stereocenters. The van der Waals surface area contributed by atoms with Crippen LogP contribution in [0.4, 0.5) is 5.82 Å². The molecule has 7 heteroatoms. The van der Waals surface area contributed by atoms with E-state index < -0.39 is 0 Å². The highest BCUT2D eigenvalue weighted by Crippen LogP contribution is 2.26. The lowest BCUT2D eigenvalue weighted by Gasteiger charge is -2.35. The Morgan fingerprint density at radius 3 is 2.44 bits per heavy atom. The predicted molar refractivity (Wildman–Crippen MR) is 109 cm³/mol. The summed E-state index contributed by atoms with van der Waals surface area (Å²) >= 11 is 12.4. The van der Waals surface area contributed by atoms with Crippen LogP contribution in [0, 0.1) is 0 Å². The Bertz CT molecular complexity index is 815. The van der Waals surface area contributed by atoms with E-state index in [0.717, 1.165) is 56.4 Å². The van der Waals surface area contributed by atoms with Gasteiger partial charge in [-0.25, -0.2) is 4.98 Å². The van der Waals surface area contributed by atoms with Gasteiger partial charge in [0.25, 0.3) is 5.91 Å². The van der Waals surface area contributed by atoms with E-state index in [1.807, 2.05) is 12.1 Å². The number of rotatable bonds is 5. The maximum Gasteiger partial charge on any atom is 0.253 e. The van der Waals surface area contributed by atoms with Crippen LogP contribution in [0.25, 0.3) is 0 Å². The topological polar surface area (TPSA) is 48.5 Å². The third kappa shape index (κ3) is 4.72. The Balaban J connectivity index is 1.34. The zero-order valence-electron chi connectivity index (χ0n) is 15.0. The number of piperazine rings is 1. The summed E-state index contributed by atoms with van der Waals surface area (Å²) in [5.41, 5.74) is 1.78. The van der Waals surface area contributed by atoms with Crippen molar-refractivity contribution in [1.29, 1.82) is 0 Å². The average Bonchev–Trinajstić information content (AvgIpc) is 3.48. The van der Waals surface area contributed by atoms with Gasteiger partial charge in [-0.1, -0.05) is 35.3 Å². The number of anilines is 1. The van der Waals surface area contributed by atoms with E-state index in [4.69, 9.17) is 23.2 Å². The van der Waals surface area contributed by atoms with Crippen LogP contribution in [0.2, 0.25) is 10.0 Å². The fraction of sp³-hybridized carbons (Fsp3) is 0.400. The van der Waals surface area contributed by atoms with Gasteiger partial charge in [0.05, 0.1) is 10.6 Å². The van der Waals surface area contributed by atoms with Crippen molar-refractivity contribution in [1.82, 2.24) is 15.2 Å². The van der Waals surface area contributed by atoms with Gasteiger partial charge in [-0.2, -0.15) is 0 Å². The van der Waals surface area contributed by atoms with Gasteiger partial charge in [0.2, 0.25) is 0 Å². The van der Waals surface area contributed by atoms with E-state index >= 15 is 0 Å². The van der Waals surface area contributed by atoms with Crippen molar-refractivity contribution < 1.29 is 4.79 Å². The van der Waals surface area contributed by atoms with Crippen LogP contribution in [0.5, 0.6) is 0 Å². The molecule has 1 amide bonds. The molecule has 1 saturated carbocycles. The lowest BCUT2D eigenvalue weighted by molar-refractivity contribution is 0.0950. The molecular weight excluding hydrogens is 383 g/mol. The van der Waals surface area contributed by atoms with Gasteiger partial charge >= 0.3 is 0 Å². The second-order valence-electron chi connectivity index (χ2n) is 7.17. The first-order chi connectivity index (χ1) is 13.1. The van der Waals surface area contributed by atoms with Crippen LogP contribution in [0.15, 0.2) is 36.5 Å². The van der Waals surface area contributed by atoms with Crippen molar-refractivity contribution in [3.8, 4) is 0 Å². The molecule has 1 aromatic carbocycles. The average molecular weight is 405 g/mol. The second kappa shape index (κ2) is 8.05. The van der Waals surface area contributed by atoms with Crippen molar-refractivity contribution in [3.05, 3.63) is 57.7 Å². The van der Waals surface area contributed by atoms with Gasteiger partial charge in [-0.05, 0) is 36.6 Å². The number of hydrogen-bond donors (Lipinski definition) is 1. The first kappa shape index (κ1) is 18.5. The molecule has 2 heterocycles. The maximum absolute atomic E-state index is 12.1. The van der Waals surface area contributed by atoms with Crippen LogP contribution in [-0.4, -0.2) is 48.0 Å². The highest BCUT2D eigenvalue weighted by molar-refractivity contribution is 6.33. The van der Waals surface area contributed by atoms with Crippen LogP contribution in [-0.2, 0) is 6.54 Å². The number of carbonyl (C=O) groups is 1. The van der Waals surface area contributed by atoms with Crippen LogP contribution in [0.1, 0.15) is 28.8 Å². The number of halogens is 2. The van der Waals surface area contributed by atoms with Gasteiger partial charge < -0.3 is 10.2 Å². The Morgan fingerprint density at radius 2 is 1.81 bits per heavy atom. The largest absolute Gasteiger partial charge is 0.353 e. The van der Waals surface area contributed by atoms with E-state index in [1.165, 1.54) is 5.56 Å². The monoisotopic (exact) mass is 404 g/mol. The summed E-state index contributed by atoms with van der Waals surface area (Å²) in [5.74, 6) is 0.664. The minimum Gasteiger partial charge on any atom is -0.353 e. The molecule has 1 N–H and O–H groups in total. The van der Waals surface area contributed by atoms with Crippen molar-refractivity contribution in [2.24, 2.45) is 0 Å². The smallest absolute Gasteiger partial charge is 0.253 e. The van der Waals surface area contributed by atoms with E-state index in [1.54, 1.807) is 12.3 Å². The lowest BCUT2D eigenvalue weighted by Crippen LogP contribution is -2.46. The molecule has 142 valence electrons. The molecule has 0 atom stereocenters. The zero-order valence-corrected chi connectivity index (χ0v) is 16.5. The molecule has 1 saturated heterocycles. The fourth-order valence-electron chi connectivity index (χ4n) is 3.25. The third-order valence-corrected chi connectivity index (χ3v) is 5.52. The standard InChI is InChI=1S/C20H22Cl2N4O/c21-16-3-1-14(2-4-16)13-25-7-9-26(10-8-25)19-18(22)11-15(12-23-19)20(27)24-17-5-6-17/h1-4,11-12,17H,5-10,13H2,(H,24,27). The molecule has 1 aliphatic carbocycles. The molecule has 1 aromatic heterocycles. The number of nitrogens with zero attached hydrogens (tertiary/aromatic N) is 3. The first-order valence-electron chi connectivity index (χ1n) is 9.26. The van der Waals surface area contributed by atoms with Gasteiger partial charge in [-0.3, -0.25) is 9.69 Å². The van der Waals surface area contributed by atoms with Crippen LogP contribution >= 0.6 is 23.2 Å². The normalized spacial score (nSPS) is 17.8. The molecule has 0 radical (unpaired) electrons. The SMILES string of the molecule is O=C(NC1CC1)c1cnc(N2CCN(Cc3ccc(Cl)cc3)CC2)c(Cl)c1. The van der Waals surface area contributed by atoms with E-state index in [2.05, 4.69) is 32.2 Å². The zero-order chi connectivity index (χ0) is 18.8. The van der Waals surface area contributed by atoms with Crippen molar-refractivity contribution in [2.45, 2.75) is 25.4 Å². The van der Waals surface area contributed by atoms with Crippen LogP contribution < -0.4 is 10.2 Å². The van der Waals surface area contributed by atoms with E-state index in [0.29, 0.717) is 16.6 Å². The van der Waals surface area contributed by atoms with E-state index in [-0.39, 0.29) is 5.91 Å². The molecule has 0 spiro atoms. The molecule has 2 aromatic rings. The number of pyridine rings is 1. The van der Waals surface area contributed by atoms with Gasteiger partial charge in [-0.15, -0.1) is 0 Å². The quantitative estimate of drug-likeness (QED) is 0.826. The first-order valence-corrected chi connectivity index (χ1v) is 10.0. The maximum atomic E-state index is 12.1. The summed E-state index contributed by atoms with van der Waals surface area (Å²) in [4.78, 5) is 21.2. The Morgan fingerprint density at radius 1 is 1.11 bits per heavy atom. The number of amides is 1. The molecule has 2 fully saturated rings. The highest BCUT2D eigenvalue weighted by atomic mass is 35.5. The molecule has 5 nitrogen and oxygen atoms in total. The van der Waals surface area contributed by atoms with Crippen molar-refractivity contribution in [3.63, 3.8) is 0 Å². The van der Waals surface area contributed by atoms with Gasteiger partial charge in [0.1, 0.15) is 5.82 Å². The van der Waals surface area contributed by atoms with Crippen molar-refractivity contribution in [2.75, 3.05) is 31.1 Å². The minimum absolute atomic E-state index is 0.0915. The third-order valence-electron chi connectivity index (χ3n) is 4.99. The van der Waals surface area contributed by atoms with Gasteiger partial charge in [0, 0.05) is 50.0 Å². The highest BCUT2D eigenvalue weighted by Gasteiger charge is 2.25. The number of benzene rings is 1. The van der Waals surface area contributed by atoms with Crippen molar-refractivity contribution >= 4 is 34.9 Å². The summed E-state index contributed by atoms with van der Waals surface area (Å²) in [7, 11) is 0. The summed E-state index contributed by atoms with van der Waals surface area (Å²) in [5, 5.41) is 4.26. The van der Waals surface area contributed by atoms with Crippen LogP contribution in [0.3, 0.4) is 0 Å². The summed E-state index contributed by atoms with van der Waals surface area (Å²) in [6.07, 6.45) is 3.75.